The lowest BCUT2D eigenvalue weighted by atomic mass is 10.0. The van der Waals surface area contributed by atoms with Crippen molar-refractivity contribution in [1.29, 1.82) is 0 Å². The van der Waals surface area contributed by atoms with Gasteiger partial charge < -0.3 is 4.98 Å². The monoisotopic (exact) mass is 487 g/mol. The Kier molecular flexibility index (Phi) is 5.09. The van der Waals surface area contributed by atoms with Gasteiger partial charge in [0, 0.05) is 23.3 Å². The third-order valence-corrected chi connectivity index (χ3v) is 6.53. The number of nitrogens with zero attached hydrogens (tertiary/aromatic N) is 2. The minimum Gasteiger partial charge on any atom is -0.343 e. The predicted molar refractivity (Wildman–Crippen MR) is 116 cm³/mol. The highest BCUT2D eigenvalue weighted by atomic mass is 32.2. The second-order valence-electron chi connectivity index (χ2n) is 7.18. The Hall–Kier alpha value is -4.19. The Morgan fingerprint density at radius 3 is 2.41 bits per heavy atom. The first-order valence-corrected chi connectivity index (χ1v) is 11.2. The lowest BCUT2D eigenvalue weighted by Crippen LogP contribution is -2.16. The Morgan fingerprint density at radius 2 is 1.68 bits per heavy atom. The fourth-order valence-electron chi connectivity index (χ4n) is 3.56. The number of imidazole rings is 1. The van der Waals surface area contributed by atoms with Crippen molar-refractivity contribution in [2.24, 2.45) is 0 Å². The van der Waals surface area contributed by atoms with Gasteiger partial charge in [-0.2, -0.15) is 5.10 Å². The summed E-state index contributed by atoms with van der Waals surface area (Å²) in [6.45, 7) is 0. The number of halogens is 4. The maximum absolute atomic E-state index is 15.3. The minimum absolute atomic E-state index is 0.125. The Bertz CT molecular complexity index is 1650. The molecule has 0 spiro atoms. The minimum atomic E-state index is -4.55. The van der Waals surface area contributed by atoms with Gasteiger partial charge in [-0.05, 0) is 30.3 Å². The average molecular weight is 487 g/mol. The molecular weight excluding hydrogens is 474 g/mol. The maximum atomic E-state index is 15.3. The summed E-state index contributed by atoms with van der Waals surface area (Å²) in [6.07, 6.45) is 3.04. The number of rotatable bonds is 5. The molecule has 0 radical (unpaired) electrons. The van der Waals surface area contributed by atoms with E-state index in [-0.39, 0.29) is 5.52 Å². The lowest BCUT2D eigenvalue weighted by molar-refractivity contribution is 0.568. The van der Waals surface area contributed by atoms with Crippen molar-refractivity contribution < 1.29 is 26.0 Å². The zero-order chi connectivity index (χ0) is 24.0. The van der Waals surface area contributed by atoms with Crippen molar-refractivity contribution >= 4 is 26.6 Å². The molecule has 5 aromatic rings. The van der Waals surface area contributed by atoms with Crippen LogP contribution in [0, 0.1) is 23.3 Å². The number of benzene rings is 3. The zero-order valence-corrected chi connectivity index (χ0v) is 17.7. The summed E-state index contributed by atoms with van der Waals surface area (Å²) < 4.78 is 86.3. The van der Waals surface area contributed by atoms with E-state index in [2.05, 4.69) is 20.2 Å². The normalized spacial score (nSPS) is 11.8. The first-order valence-electron chi connectivity index (χ1n) is 9.70. The Balaban J connectivity index is 1.61. The summed E-state index contributed by atoms with van der Waals surface area (Å²) >= 11 is 0. The van der Waals surface area contributed by atoms with Crippen LogP contribution in [-0.4, -0.2) is 28.6 Å². The van der Waals surface area contributed by atoms with Crippen LogP contribution < -0.4 is 4.72 Å². The van der Waals surface area contributed by atoms with Crippen LogP contribution in [0.5, 0.6) is 0 Å². The molecule has 0 aliphatic carbocycles. The molecule has 5 rings (SSSR count). The number of nitrogens with one attached hydrogen (secondary N) is 3. The highest BCUT2D eigenvalue weighted by Gasteiger charge is 2.25. The van der Waals surface area contributed by atoms with Crippen molar-refractivity contribution in [1.82, 2.24) is 20.2 Å². The number of aromatic nitrogens is 4. The SMILES string of the molecule is O=S(=O)(Nc1ccc(F)c(-c2ccc3c(-c4ncc[nH]4)n[nH]c3c2F)c1F)c1ccccc1F. The number of anilines is 1. The second kappa shape index (κ2) is 7.99. The standard InChI is InChI=1S/C22H13F4N5O2S/c23-13-3-1-2-4-16(13)34(32,33)31-15-8-7-14(24)17(19(15)26)11-5-6-12-20(18(11)25)29-30-21(12)22-27-9-10-28-22/h1-10,31H,(H,27,28)(H,29,30). The van der Waals surface area contributed by atoms with Gasteiger partial charge in [0.15, 0.2) is 17.5 Å². The van der Waals surface area contributed by atoms with Gasteiger partial charge in [0.25, 0.3) is 10.0 Å². The number of hydrogen-bond donors (Lipinski definition) is 3. The van der Waals surface area contributed by atoms with Crippen molar-refractivity contribution in [2.75, 3.05) is 4.72 Å². The summed E-state index contributed by atoms with van der Waals surface area (Å²) in [7, 11) is -4.55. The molecule has 3 N–H and O–H groups in total. The third kappa shape index (κ3) is 3.48. The van der Waals surface area contributed by atoms with Gasteiger partial charge >= 0.3 is 0 Å². The number of aromatic amines is 2. The van der Waals surface area contributed by atoms with Gasteiger partial charge in [-0.1, -0.05) is 18.2 Å². The smallest absolute Gasteiger partial charge is 0.264 e. The average Bonchev–Trinajstić information content (AvgIpc) is 3.47. The Labute approximate surface area is 189 Å². The van der Waals surface area contributed by atoms with Crippen molar-refractivity contribution in [3.63, 3.8) is 0 Å². The molecule has 0 aliphatic heterocycles. The van der Waals surface area contributed by atoms with E-state index in [9.17, 15) is 17.2 Å². The van der Waals surface area contributed by atoms with E-state index >= 15 is 8.78 Å². The summed E-state index contributed by atoms with van der Waals surface area (Å²) in [6, 6.07) is 8.65. The molecule has 0 fully saturated rings. The van der Waals surface area contributed by atoms with E-state index in [0.29, 0.717) is 16.9 Å². The molecule has 0 saturated heterocycles. The Morgan fingerprint density at radius 1 is 0.882 bits per heavy atom. The molecule has 0 unspecified atom stereocenters. The first kappa shape index (κ1) is 21.6. The molecule has 7 nitrogen and oxygen atoms in total. The van der Waals surface area contributed by atoms with E-state index in [1.54, 1.807) is 6.20 Å². The molecule has 172 valence electrons. The molecule has 0 aliphatic rings. The van der Waals surface area contributed by atoms with E-state index in [1.807, 2.05) is 4.72 Å². The van der Waals surface area contributed by atoms with Crippen LogP contribution in [0.25, 0.3) is 33.5 Å². The molecule has 0 saturated carbocycles. The molecule has 0 bridgehead atoms. The topological polar surface area (TPSA) is 104 Å². The van der Waals surface area contributed by atoms with Gasteiger partial charge in [0.05, 0.1) is 11.3 Å². The number of sulfonamides is 1. The molecule has 12 heteroatoms. The number of H-pyrrole nitrogens is 2. The first-order chi connectivity index (χ1) is 16.3. The summed E-state index contributed by atoms with van der Waals surface area (Å²) in [5.41, 5.74) is -1.77. The van der Waals surface area contributed by atoms with Gasteiger partial charge in [0.1, 0.15) is 27.7 Å². The molecule has 2 heterocycles. The van der Waals surface area contributed by atoms with Gasteiger partial charge in [-0.15, -0.1) is 0 Å². The lowest BCUT2D eigenvalue weighted by Gasteiger charge is -2.13. The fraction of sp³-hybridized carbons (Fsp3) is 0. The molecule has 2 aromatic heterocycles. The van der Waals surface area contributed by atoms with Crippen LogP contribution in [0.4, 0.5) is 23.2 Å². The molecule has 0 atom stereocenters. The van der Waals surface area contributed by atoms with Crippen LogP contribution in [0.3, 0.4) is 0 Å². The molecule has 0 amide bonds. The van der Waals surface area contributed by atoms with Crippen LogP contribution in [0.15, 0.2) is 65.8 Å². The number of hydrogen-bond acceptors (Lipinski definition) is 4. The third-order valence-electron chi connectivity index (χ3n) is 5.13. The highest BCUT2D eigenvalue weighted by molar-refractivity contribution is 7.92. The van der Waals surface area contributed by atoms with E-state index in [4.69, 9.17) is 0 Å². The summed E-state index contributed by atoms with van der Waals surface area (Å²) in [5, 5.41) is 6.82. The maximum Gasteiger partial charge on any atom is 0.264 e. The van der Waals surface area contributed by atoms with Crippen molar-refractivity contribution in [3.05, 3.63) is 84.2 Å². The van der Waals surface area contributed by atoms with Crippen LogP contribution in [0.1, 0.15) is 0 Å². The van der Waals surface area contributed by atoms with Gasteiger partial charge in [-0.25, -0.2) is 31.0 Å². The van der Waals surface area contributed by atoms with E-state index in [0.717, 1.165) is 30.3 Å². The van der Waals surface area contributed by atoms with E-state index < -0.39 is 55.0 Å². The number of fused-ring (bicyclic) bond motifs is 1. The fourth-order valence-corrected chi connectivity index (χ4v) is 4.70. The van der Waals surface area contributed by atoms with Gasteiger partial charge in [0.2, 0.25) is 0 Å². The van der Waals surface area contributed by atoms with Gasteiger partial charge in [-0.3, -0.25) is 9.82 Å². The molecule has 34 heavy (non-hydrogen) atoms. The van der Waals surface area contributed by atoms with Crippen molar-refractivity contribution in [2.45, 2.75) is 4.90 Å². The summed E-state index contributed by atoms with van der Waals surface area (Å²) in [5.74, 6) is -4.20. The van der Waals surface area contributed by atoms with Crippen LogP contribution >= 0.6 is 0 Å². The largest absolute Gasteiger partial charge is 0.343 e. The predicted octanol–water partition coefficient (Wildman–Crippen LogP) is 4.98. The van der Waals surface area contributed by atoms with Crippen molar-refractivity contribution in [3.8, 4) is 22.6 Å². The second-order valence-corrected chi connectivity index (χ2v) is 8.83. The van der Waals surface area contributed by atoms with Crippen LogP contribution in [-0.2, 0) is 10.0 Å². The van der Waals surface area contributed by atoms with Crippen LogP contribution in [0.2, 0.25) is 0 Å². The highest BCUT2D eigenvalue weighted by Crippen LogP contribution is 2.37. The quantitative estimate of drug-likeness (QED) is 0.304. The molecule has 3 aromatic carbocycles. The summed E-state index contributed by atoms with van der Waals surface area (Å²) in [4.78, 5) is 6.16. The molecular formula is C22H13F4N5O2S. The van der Waals surface area contributed by atoms with E-state index in [1.165, 1.54) is 24.4 Å². The zero-order valence-electron chi connectivity index (χ0n) is 16.9.